The van der Waals surface area contributed by atoms with Gasteiger partial charge < -0.3 is 50.5 Å². The maximum Gasteiger partial charge on any atom is 0.249 e. The molecule has 1 fully saturated rings. The molecule has 1 saturated heterocycles. The molecule has 8 N–H and O–H groups in total. The Kier molecular flexibility index (Phi) is 50.0. The van der Waals surface area contributed by atoms with Crippen LogP contribution in [0.1, 0.15) is 284 Å². The minimum atomic E-state index is -1.67. The molecule has 1 amide bonds. The monoisotopic (exact) mass is 1060 g/mol. The predicted molar refractivity (Wildman–Crippen MR) is 311 cm³/mol. The van der Waals surface area contributed by atoms with Gasteiger partial charge >= 0.3 is 0 Å². The maximum atomic E-state index is 13.2. The Morgan fingerprint density at radius 3 is 1.24 bits per heavy atom. The Balaban J connectivity index is 2.18. The quantitative estimate of drug-likeness (QED) is 0.0215. The topological polar surface area (TPSA) is 189 Å². The van der Waals surface area contributed by atoms with Gasteiger partial charge in [-0.2, -0.15) is 0 Å². The third kappa shape index (κ3) is 40.9. The van der Waals surface area contributed by atoms with Crippen molar-refractivity contribution in [2.24, 2.45) is 0 Å². The van der Waals surface area contributed by atoms with Crippen molar-refractivity contribution >= 4 is 5.91 Å². The molecular weight excluding hydrogens is 943 g/mol. The number of carbonyl (C=O) groups excluding carboxylic acids is 1. The first-order valence-corrected chi connectivity index (χ1v) is 31.5. The number of hydrogen-bond donors (Lipinski definition) is 8. The van der Waals surface area contributed by atoms with Gasteiger partial charge in [-0.25, -0.2) is 0 Å². The largest absolute Gasteiger partial charge is 0.394 e. The molecule has 0 spiro atoms. The predicted octanol–water partition coefficient (Wildman–Crippen LogP) is 14.0. The summed E-state index contributed by atoms with van der Waals surface area (Å²) in [6.07, 6.45) is 56.3. The van der Waals surface area contributed by atoms with Crippen LogP contribution in [0, 0.1) is 0 Å². The van der Waals surface area contributed by atoms with Crippen molar-refractivity contribution in [1.29, 1.82) is 0 Å². The van der Waals surface area contributed by atoms with Crippen LogP contribution >= 0.6 is 0 Å². The van der Waals surface area contributed by atoms with E-state index in [9.17, 15) is 40.5 Å². The lowest BCUT2D eigenvalue weighted by Crippen LogP contribution is -2.60. The van der Waals surface area contributed by atoms with E-state index in [1.807, 2.05) is 0 Å². The van der Waals surface area contributed by atoms with Crippen LogP contribution in [0.25, 0.3) is 0 Å². The summed E-state index contributed by atoms with van der Waals surface area (Å²) in [5.41, 5.74) is 0. The van der Waals surface area contributed by atoms with Crippen molar-refractivity contribution < 1.29 is 50.0 Å². The number of nitrogens with one attached hydrogen (secondary N) is 1. The molecule has 0 aromatic carbocycles. The fourth-order valence-corrected chi connectivity index (χ4v) is 9.95. The Morgan fingerprint density at radius 1 is 0.453 bits per heavy atom. The van der Waals surface area contributed by atoms with Crippen molar-refractivity contribution in [2.75, 3.05) is 13.2 Å². The van der Waals surface area contributed by atoms with Crippen molar-refractivity contribution in [3.8, 4) is 0 Å². The summed E-state index contributed by atoms with van der Waals surface area (Å²) in [7, 11) is 0. The molecule has 11 nitrogen and oxygen atoms in total. The third-order valence-electron chi connectivity index (χ3n) is 15.0. The zero-order valence-electron chi connectivity index (χ0n) is 48.3. The van der Waals surface area contributed by atoms with Crippen molar-refractivity contribution in [2.45, 2.75) is 339 Å². The number of unbranched alkanes of at least 4 members (excludes halogenated alkanes) is 34. The van der Waals surface area contributed by atoms with Crippen LogP contribution in [0.2, 0.25) is 0 Å². The van der Waals surface area contributed by atoms with Crippen LogP contribution in [0.4, 0.5) is 0 Å². The smallest absolute Gasteiger partial charge is 0.249 e. The number of rotatable bonds is 54. The molecule has 11 heteroatoms. The van der Waals surface area contributed by atoms with Gasteiger partial charge in [-0.15, -0.1) is 0 Å². The highest BCUT2D eigenvalue weighted by Gasteiger charge is 2.44. The molecule has 1 aliphatic heterocycles. The molecule has 75 heavy (non-hydrogen) atoms. The second-order valence-corrected chi connectivity index (χ2v) is 22.1. The molecule has 0 bridgehead atoms. The highest BCUT2D eigenvalue weighted by atomic mass is 16.7. The van der Waals surface area contributed by atoms with Gasteiger partial charge in [0.05, 0.1) is 25.4 Å². The van der Waals surface area contributed by atoms with Gasteiger partial charge in [0.15, 0.2) is 6.29 Å². The first-order chi connectivity index (χ1) is 36.7. The second-order valence-electron chi connectivity index (χ2n) is 22.1. The molecule has 0 aliphatic carbocycles. The summed E-state index contributed by atoms with van der Waals surface area (Å²) in [5, 5.41) is 76.1. The normalized spacial score (nSPS) is 20.0. The third-order valence-corrected chi connectivity index (χ3v) is 15.0. The van der Waals surface area contributed by atoms with Gasteiger partial charge in [-0.05, 0) is 83.5 Å². The summed E-state index contributed by atoms with van der Waals surface area (Å²) < 4.78 is 11.1. The van der Waals surface area contributed by atoms with E-state index in [1.54, 1.807) is 0 Å². The van der Waals surface area contributed by atoms with Crippen molar-refractivity contribution in [1.82, 2.24) is 5.32 Å². The fourth-order valence-electron chi connectivity index (χ4n) is 9.95. The van der Waals surface area contributed by atoms with E-state index >= 15 is 0 Å². The van der Waals surface area contributed by atoms with Gasteiger partial charge in [-0.3, -0.25) is 4.79 Å². The van der Waals surface area contributed by atoms with Gasteiger partial charge in [-0.1, -0.05) is 249 Å². The van der Waals surface area contributed by atoms with Crippen molar-refractivity contribution in [3.05, 3.63) is 48.6 Å². The average molecular weight is 1060 g/mol. The highest BCUT2D eigenvalue weighted by Crippen LogP contribution is 2.23. The number of amides is 1. The van der Waals surface area contributed by atoms with E-state index < -0.39 is 74.2 Å². The van der Waals surface area contributed by atoms with Crippen LogP contribution < -0.4 is 5.32 Å². The number of aliphatic hydroxyl groups excluding tert-OH is 7. The van der Waals surface area contributed by atoms with Crippen LogP contribution in [0.15, 0.2) is 48.6 Å². The lowest BCUT2D eigenvalue weighted by molar-refractivity contribution is -0.303. The highest BCUT2D eigenvalue weighted by molar-refractivity contribution is 5.80. The molecule has 0 saturated carbocycles. The standard InChI is InChI=1S/C64H119NO10/c1-3-5-7-9-11-13-15-17-19-20-21-22-23-24-25-26-27-28-29-30-31-32-33-34-35-36-37-38-40-42-44-46-48-50-52-57(68)63(73)65-55(54-74-64-62(72)61(71)60(70)58(53-66)75-64)59(69)56(67)51-49-47-45-43-41-39-18-16-14-12-10-8-6-4-2/h8,10,16,18,26-27,43,45,55-62,64,66-72H,3-7,9,11-15,17,19-25,28-42,44,46-54H2,1-2H3,(H,65,73)/b10-8+,18-16+,27-26-,45-43+. The van der Waals surface area contributed by atoms with Gasteiger partial charge in [0.25, 0.3) is 0 Å². The molecule has 1 heterocycles. The van der Waals surface area contributed by atoms with E-state index in [1.165, 1.54) is 186 Å². The van der Waals surface area contributed by atoms with E-state index in [2.05, 4.69) is 67.8 Å². The van der Waals surface area contributed by atoms with Gasteiger partial charge in [0.2, 0.25) is 5.91 Å². The van der Waals surface area contributed by atoms with Crippen LogP contribution in [0.3, 0.4) is 0 Å². The molecule has 9 unspecified atom stereocenters. The minimum absolute atomic E-state index is 0.240. The summed E-state index contributed by atoms with van der Waals surface area (Å²) >= 11 is 0. The van der Waals surface area contributed by atoms with E-state index in [4.69, 9.17) is 9.47 Å². The number of carbonyl (C=O) groups is 1. The molecule has 0 radical (unpaired) electrons. The number of hydrogen-bond acceptors (Lipinski definition) is 10. The Hall–Kier alpha value is -1.93. The summed E-state index contributed by atoms with van der Waals surface area (Å²) in [5.74, 6) is -0.711. The SMILES string of the molecule is CCC/C=C/CC/C=C/CC/C=C/CCCC(O)C(O)C(COC1OC(CO)C(O)C(O)C1O)NC(=O)C(O)CCCCCCCCCCCCCCCCCC/C=C\CCCCCCCCCCCCCCCC. The Labute approximate surface area is 459 Å². The zero-order chi connectivity index (χ0) is 54.7. The van der Waals surface area contributed by atoms with Crippen LogP contribution in [-0.4, -0.2) is 110 Å². The molecule has 0 aromatic rings. The number of ether oxygens (including phenoxy) is 2. The molecule has 0 aromatic heterocycles. The Morgan fingerprint density at radius 2 is 0.827 bits per heavy atom. The maximum absolute atomic E-state index is 13.2. The van der Waals surface area contributed by atoms with E-state index in [0.29, 0.717) is 19.3 Å². The minimum Gasteiger partial charge on any atom is -0.394 e. The Bertz CT molecular complexity index is 1360. The van der Waals surface area contributed by atoms with E-state index in [-0.39, 0.29) is 12.8 Å². The molecular formula is C64H119NO10. The molecule has 1 aliphatic rings. The molecule has 440 valence electrons. The van der Waals surface area contributed by atoms with E-state index in [0.717, 1.165) is 51.4 Å². The van der Waals surface area contributed by atoms with Crippen LogP contribution in [0.5, 0.6) is 0 Å². The van der Waals surface area contributed by atoms with Gasteiger partial charge in [0, 0.05) is 0 Å². The van der Waals surface area contributed by atoms with Crippen molar-refractivity contribution in [3.63, 3.8) is 0 Å². The van der Waals surface area contributed by atoms with Gasteiger partial charge in [0.1, 0.15) is 36.6 Å². The lowest BCUT2D eigenvalue weighted by atomic mass is 9.98. The zero-order valence-corrected chi connectivity index (χ0v) is 48.3. The lowest BCUT2D eigenvalue weighted by Gasteiger charge is -2.40. The number of aliphatic hydroxyl groups is 7. The summed E-state index contributed by atoms with van der Waals surface area (Å²) in [6.45, 7) is 3.38. The molecule has 1 rings (SSSR count). The summed E-state index contributed by atoms with van der Waals surface area (Å²) in [4.78, 5) is 13.2. The fraction of sp³-hybridized carbons (Fsp3) is 0.859. The summed E-state index contributed by atoms with van der Waals surface area (Å²) in [6, 6.07) is -1.19. The van der Waals surface area contributed by atoms with Crippen LogP contribution in [-0.2, 0) is 14.3 Å². The molecule has 9 atom stereocenters. The first-order valence-electron chi connectivity index (χ1n) is 31.5. The second kappa shape index (κ2) is 52.8. The average Bonchev–Trinajstić information content (AvgIpc) is 3.41. The first kappa shape index (κ1) is 71.1. The number of allylic oxidation sites excluding steroid dienone is 8.